The van der Waals surface area contributed by atoms with Gasteiger partial charge >= 0.3 is 5.97 Å². The van der Waals surface area contributed by atoms with Gasteiger partial charge in [0.05, 0.1) is 25.9 Å². The number of aromatic nitrogens is 1. The quantitative estimate of drug-likeness (QED) is 0.451. The Labute approximate surface area is 187 Å². The van der Waals surface area contributed by atoms with E-state index < -0.39 is 24.6 Å². The number of carbonyl (C=O) groups is 2. The Morgan fingerprint density at radius 3 is 2.75 bits per heavy atom. The van der Waals surface area contributed by atoms with Crippen molar-refractivity contribution in [3.8, 4) is 5.88 Å². The van der Waals surface area contributed by atoms with Crippen LogP contribution in [0.2, 0.25) is 0 Å². The number of carbonyl (C=O) groups excluding carboxylic acids is 2. The van der Waals surface area contributed by atoms with Gasteiger partial charge in [0.15, 0.2) is 0 Å². The molecule has 1 aromatic rings. The normalized spacial score (nSPS) is 17.3. The lowest BCUT2D eigenvalue weighted by molar-refractivity contribution is -0.146. The maximum Gasteiger partial charge on any atom is 0.328 e. The molecule has 1 amide bonds. The summed E-state index contributed by atoms with van der Waals surface area (Å²) in [5.74, 6) is -0.489. The van der Waals surface area contributed by atoms with Crippen molar-refractivity contribution < 1.29 is 32.9 Å². The minimum atomic E-state index is -0.857. The number of methoxy groups -OCH3 is 1. The van der Waals surface area contributed by atoms with Crippen LogP contribution >= 0.6 is 0 Å². The molecule has 0 aromatic carbocycles. The van der Waals surface area contributed by atoms with Crippen molar-refractivity contribution in [2.45, 2.75) is 38.3 Å². The highest BCUT2D eigenvalue weighted by Crippen LogP contribution is 2.31. The predicted molar refractivity (Wildman–Crippen MR) is 115 cm³/mol. The number of esters is 1. The number of nitrogens with one attached hydrogen (secondary N) is 1. The molecule has 0 bridgehead atoms. The second-order valence-electron chi connectivity index (χ2n) is 8.02. The summed E-state index contributed by atoms with van der Waals surface area (Å²) in [6, 6.07) is 2.54. The summed E-state index contributed by atoms with van der Waals surface area (Å²) in [5.41, 5.74) is 0.928. The van der Waals surface area contributed by atoms with E-state index in [9.17, 15) is 14.0 Å². The Morgan fingerprint density at radius 2 is 2.12 bits per heavy atom. The summed E-state index contributed by atoms with van der Waals surface area (Å²) in [5, 5.41) is 2.68. The summed E-state index contributed by atoms with van der Waals surface area (Å²) in [6.45, 7) is 4.05. The highest BCUT2D eigenvalue weighted by Gasteiger charge is 2.31. The Morgan fingerprint density at radius 1 is 1.34 bits per heavy atom. The first kappa shape index (κ1) is 24.2. The summed E-state index contributed by atoms with van der Waals surface area (Å²) >= 11 is 0. The van der Waals surface area contributed by atoms with Crippen molar-refractivity contribution in [2.75, 3.05) is 58.2 Å². The van der Waals surface area contributed by atoms with Crippen LogP contribution in [0.3, 0.4) is 0 Å². The Hall–Kier alpha value is -2.46. The maximum atomic E-state index is 12.9. The second-order valence-corrected chi connectivity index (χ2v) is 8.02. The lowest BCUT2D eigenvalue weighted by atomic mass is 10.1. The van der Waals surface area contributed by atoms with Gasteiger partial charge in [-0.05, 0) is 18.6 Å². The zero-order valence-electron chi connectivity index (χ0n) is 18.7. The molecule has 3 rings (SSSR count). The van der Waals surface area contributed by atoms with Crippen LogP contribution in [0.4, 0.5) is 10.1 Å². The van der Waals surface area contributed by atoms with Crippen LogP contribution in [-0.2, 0) is 19.0 Å². The van der Waals surface area contributed by atoms with Gasteiger partial charge in [0.1, 0.15) is 30.7 Å². The van der Waals surface area contributed by atoms with E-state index >= 15 is 0 Å². The number of nitrogens with zero attached hydrogens (tertiary/aromatic N) is 2. The number of unbranched alkanes of at least 4 members (excludes halogenated alkanes) is 1. The number of hydrogen-bond donors (Lipinski definition) is 1. The van der Waals surface area contributed by atoms with Gasteiger partial charge < -0.3 is 29.2 Å². The van der Waals surface area contributed by atoms with Crippen LogP contribution < -0.4 is 15.0 Å². The van der Waals surface area contributed by atoms with E-state index in [0.29, 0.717) is 51.1 Å². The number of ether oxygens (including phenoxy) is 4. The summed E-state index contributed by atoms with van der Waals surface area (Å²) in [6.07, 6.45) is 2.12. The molecular weight excluding hydrogens is 421 g/mol. The average molecular weight is 454 g/mol. The van der Waals surface area contributed by atoms with Crippen LogP contribution in [0.5, 0.6) is 5.88 Å². The fourth-order valence-electron chi connectivity index (χ4n) is 3.40. The number of amides is 1. The van der Waals surface area contributed by atoms with E-state index in [2.05, 4.69) is 15.2 Å². The smallest absolute Gasteiger partial charge is 0.328 e. The molecule has 1 atom stereocenters. The molecule has 2 saturated heterocycles. The molecule has 2 aliphatic rings. The third-order valence-electron chi connectivity index (χ3n) is 5.52. The summed E-state index contributed by atoms with van der Waals surface area (Å²) in [7, 11) is 1.68. The molecule has 3 heterocycles. The average Bonchev–Trinajstić information content (AvgIpc) is 2.73. The monoisotopic (exact) mass is 453 g/mol. The Kier molecular flexibility index (Phi) is 9.04. The molecule has 9 nitrogen and oxygen atoms in total. The first-order valence-electron chi connectivity index (χ1n) is 11.1. The minimum absolute atomic E-state index is 0.136. The van der Waals surface area contributed by atoms with Gasteiger partial charge in [-0.15, -0.1) is 0 Å². The van der Waals surface area contributed by atoms with Crippen LogP contribution in [0.25, 0.3) is 0 Å². The molecule has 32 heavy (non-hydrogen) atoms. The van der Waals surface area contributed by atoms with Crippen LogP contribution in [0.15, 0.2) is 12.1 Å². The first-order chi connectivity index (χ1) is 15.5. The Bertz CT molecular complexity index is 770. The van der Waals surface area contributed by atoms with Crippen molar-refractivity contribution >= 4 is 17.6 Å². The van der Waals surface area contributed by atoms with Crippen molar-refractivity contribution in [1.82, 2.24) is 10.3 Å². The van der Waals surface area contributed by atoms with Crippen LogP contribution in [0.1, 0.15) is 36.7 Å². The summed E-state index contributed by atoms with van der Waals surface area (Å²) < 4.78 is 33.7. The minimum Gasteiger partial charge on any atom is -0.476 e. The van der Waals surface area contributed by atoms with Gasteiger partial charge in [-0.25, -0.2) is 14.2 Å². The molecular formula is C22H32FN3O6. The maximum absolute atomic E-state index is 12.9. The van der Waals surface area contributed by atoms with Crippen molar-refractivity contribution in [3.63, 3.8) is 0 Å². The fraction of sp³-hybridized carbons (Fsp3) is 0.682. The summed E-state index contributed by atoms with van der Waals surface area (Å²) in [4.78, 5) is 31.6. The molecule has 1 N–H and O–H groups in total. The number of halogens is 1. The van der Waals surface area contributed by atoms with Gasteiger partial charge in [-0.3, -0.25) is 4.79 Å². The highest BCUT2D eigenvalue weighted by molar-refractivity contribution is 5.95. The Balaban J connectivity index is 1.71. The molecule has 0 aliphatic carbocycles. The third-order valence-corrected chi connectivity index (χ3v) is 5.52. The molecule has 1 aromatic heterocycles. The van der Waals surface area contributed by atoms with Gasteiger partial charge in [-0.2, -0.15) is 0 Å². The first-order valence-corrected chi connectivity index (χ1v) is 11.1. The van der Waals surface area contributed by atoms with Gasteiger partial charge in [0, 0.05) is 26.1 Å². The lowest BCUT2D eigenvalue weighted by Gasteiger charge is -2.40. The predicted octanol–water partition coefficient (Wildman–Crippen LogP) is 1.74. The van der Waals surface area contributed by atoms with Crippen molar-refractivity contribution in [2.24, 2.45) is 5.92 Å². The number of pyridine rings is 1. The molecule has 1 unspecified atom stereocenters. The third kappa shape index (κ3) is 6.29. The number of alkyl halides is 1. The molecule has 10 heteroatoms. The topological polar surface area (TPSA) is 99.2 Å². The highest BCUT2D eigenvalue weighted by atomic mass is 19.1. The zero-order valence-corrected chi connectivity index (χ0v) is 18.7. The number of anilines is 1. The van der Waals surface area contributed by atoms with E-state index in [4.69, 9.17) is 18.9 Å². The van der Waals surface area contributed by atoms with E-state index in [0.717, 1.165) is 18.5 Å². The number of hydrogen-bond acceptors (Lipinski definition) is 8. The van der Waals surface area contributed by atoms with E-state index in [1.54, 1.807) is 19.2 Å². The standard InChI is InChI=1S/C22H32FN3O6/c1-3-4-5-18(22(28)31-9-8-23)24-20(27)17-6-7-19(26-10-16(11-26)29-2)21(25-17)32-14-15-12-30-13-15/h6-7,15-16,18H,3-5,8-14H2,1-2H3,(H,24,27). The zero-order chi connectivity index (χ0) is 22.9. The molecule has 2 aliphatic heterocycles. The lowest BCUT2D eigenvalue weighted by Crippen LogP contribution is -2.52. The SMILES string of the molecule is CCCCC(NC(=O)c1ccc(N2CC(OC)C2)c(OCC2COC2)n1)C(=O)OCCF. The van der Waals surface area contributed by atoms with E-state index in [-0.39, 0.29) is 18.4 Å². The van der Waals surface area contributed by atoms with Gasteiger partial charge in [0.25, 0.3) is 5.91 Å². The largest absolute Gasteiger partial charge is 0.476 e. The van der Waals surface area contributed by atoms with Gasteiger partial charge in [0.2, 0.25) is 5.88 Å². The second kappa shape index (κ2) is 12.0. The van der Waals surface area contributed by atoms with Crippen LogP contribution in [-0.4, -0.2) is 82.3 Å². The van der Waals surface area contributed by atoms with E-state index in [1.807, 2.05) is 6.92 Å². The fourth-order valence-corrected chi connectivity index (χ4v) is 3.40. The molecule has 178 valence electrons. The van der Waals surface area contributed by atoms with Crippen molar-refractivity contribution in [3.05, 3.63) is 17.8 Å². The molecule has 2 fully saturated rings. The molecule has 0 radical (unpaired) electrons. The molecule has 0 spiro atoms. The van der Waals surface area contributed by atoms with E-state index in [1.165, 1.54) is 0 Å². The molecule has 0 saturated carbocycles. The van der Waals surface area contributed by atoms with Gasteiger partial charge in [-0.1, -0.05) is 19.8 Å². The van der Waals surface area contributed by atoms with Crippen molar-refractivity contribution in [1.29, 1.82) is 0 Å². The number of rotatable bonds is 13. The van der Waals surface area contributed by atoms with Crippen LogP contribution in [0, 0.1) is 5.92 Å².